The predicted octanol–water partition coefficient (Wildman–Crippen LogP) is 0.0881. The number of hydrogen-bond acceptors (Lipinski definition) is 4. The van der Waals surface area contributed by atoms with Crippen LogP contribution in [0, 0.1) is 11.8 Å². The molecule has 0 aliphatic carbocycles. The van der Waals surface area contributed by atoms with Gasteiger partial charge in [-0.2, -0.15) is 0 Å². The quantitative estimate of drug-likeness (QED) is 0.720. The Labute approximate surface area is 97.2 Å². The predicted molar refractivity (Wildman–Crippen MR) is 61.2 cm³/mol. The molecular weight excluding hydrogens is 206 g/mol. The van der Waals surface area contributed by atoms with Gasteiger partial charge >= 0.3 is 0 Å². The molecule has 16 heavy (non-hydrogen) atoms. The molecule has 0 saturated carbocycles. The molecule has 0 aromatic carbocycles. The van der Waals surface area contributed by atoms with Gasteiger partial charge in [0.2, 0.25) is 0 Å². The zero-order chi connectivity index (χ0) is 11.4. The summed E-state index contributed by atoms with van der Waals surface area (Å²) in [5.41, 5.74) is 0. The molecule has 4 nitrogen and oxygen atoms in total. The zero-order valence-corrected chi connectivity index (χ0v) is 9.85. The summed E-state index contributed by atoms with van der Waals surface area (Å²) < 4.78 is 5.41. The molecule has 0 aromatic rings. The van der Waals surface area contributed by atoms with Gasteiger partial charge in [0, 0.05) is 25.7 Å². The van der Waals surface area contributed by atoms with Crippen molar-refractivity contribution in [2.75, 3.05) is 39.5 Å². The third-order valence-corrected chi connectivity index (χ3v) is 3.89. The van der Waals surface area contributed by atoms with Crippen LogP contribution in [0.5, 0.6) is 0 Å². The molecule has 0 aromatic heterocycles. The van der Waals surface area contributed by atoms with Gasteiger partial charge in [0.1, 0.15) is 0 Å². The van der Waals surface area contributed by atoms with Gasteiger partial charge in [0.05, 0.1) is 12.7 Å². The Morgan fingerprint density at radius 1 is 1.19 bits per heavy atom. The van der Waals surface area contributed by atoms with Gasteiger partial charge in [-0.3, -0.25) is 0 Å². The third kappa shape index (κ3) is 3.17. The first-order valence-corrected chi connectivity index (χ1v) is 6.38. The molecule has 0 radical (unpaired) electrons. The molecule has 2 aliphatic rings. The maximum atomic E-state index is 9.85. The minimum absolute atomic E-state index is 0.190. The standard InChI is InChI=1S/C12H23NO3/c14-8-10-1-4-13(5-2-10)7-11-9-16-6-3-12(11)15/h10-12,14-15H,1-9H2. The van der Waals surface area contributed by atoms with Crippen LogP contribution in [0.4, 0.5) is 0 Å². The van der Waals surface area contributed by atoms with Gasteiger partial charge < -0.3 is 19.8 Å². The Balaban J connectivity index is 1.73. The van der Waals surface area contributed by atoms with Crippen molar-refractivity contribution in [1.82, 2.24) is 4.90 Å². The topological polar surface area (TPSA) is 52.9 Å². The molecule has 2 rings (SSSR count). The van der Waals surface area contributed by atoms with Gasteiger partial charge in [0.15, 0.2) is 0 Å². The van der Waals surface area contributed by atoms with E-state index in [0.29, 0.717) is 25.7 Å². The maximum absolute atomic E-state index is 9.85. The monoisotopic (exact) mass is 229 g/mol. The largest absolute Gasteiger partial charge is 0.396 e. The molecule has 0 amide bonds. The van der Waals surface area contributed by atoms with Gasteiger partial charge in [-0.05, 0) is 38.3 Å². The van der Waals surface area contributed by atoms with Gasteiger partial charge in [0.25, 0.3) is 0 Å². The average Bonchev–Trinajstić information content (AvgIpc) is 2.33. The average molecular weight is 229 g/mol. The lowest BCUT2D eigenvalue weighted by Gasteiger charge is -2.36. The molecule has 2 saturated heterocycles. The van der Waals surface area contributed by atoms with Crippen molar-refractivity contribution in [3.63, 3.8) is 0 Å². The molecule has 2 atom stereocenters. The van der Waals surface area contributed by atoms with Crippen LogP contribution in [0.15, 0.2) is 0 Å². The van der Waals surface area contributed by atoms with Crippen LogP contribution < -0.4 is 0 Å². The van der Waals surface area contributed by atoms with E-state index in [1.54, 1.807) is 0 Å². The van der Waals surface area contributed by atoms with Crippen molar-refractivity contribution in [1.29, 1.82) is 0 Å². The third-order valence-electron chi connectivity index (χ3n) is 3.89. The molecule has 2 aliphatic heterocycles. The van der Waals surface area contributed by atoms with Crippen molar-refractivity contribution in [3.8, 4) is 0 Å². The summed E-state index contributed by atoms with van der Waals surface area (Å²) in [5, 5.41) is 18.9. The van der Waals surface area contributed by atoms with Crippen molar-refractivity contribution in [2.45, 2.75) is 25.4 Å². The van der Waals surface area contributed by atoms with Crippen molar-refractivity contribution in [2.24, 2.45) is 11.8 Å². The maximum Gasteiger partial charge on any atom is 0.0624 e. The summed E-state index contributed by atoms with van der Waals surface area (Å²) in [6.45, 7) is 4.76. The second-order valence-electron chi connectivity index (χ2n) is 5.12. The fourth-order valence-electron chi connectivity index (χ4n) is 2.64. The van der Waals surface area contributed by atoms with E-state index < -0.39 is 0 Å². The first kappa shape index (κ1) is 12.3. The summed E-state index contributed by atoms with van der Waals surface area (Å²) in [6, 6.07) is 0. The van der Waals surface area contributed by atoms with E-state index in [4.69, 9.17) is 9.84 Å². The van der Waals surface area contributed by atoms with Gasteiger partial charge in [-0.25, -0.2) is 0 Å². The fraction of sp³-hybridized carbons (Fsp3) is 1.00. The SMILES string of the molecule is OCC1CCN(CC2COCCC2O)CC1. The number of hydrogen-bond donors (Lipinski definition) is 2. The smallest absolute Gasteiger partial charge is 0.0624 e. The van der Waals surface area contributed by atoms with Crippen LogP contribution in [-0.2, 0) is 4.74 Å². The highest BCUT2D eigenvalue weighted by atomic mass is 16.5. The van der Waals surface area contributed by atoms with Crippen molar-refractivity contribution in [3.05, 3.63) is 0 Å². The number of ether oxygens (including phenoxy) is 1. The zero-order valence-electron chi connectivity index (χ0n) is 9.85. The molecule has 2 fully saturated rings. The second-order valence-corrected chi connectivity index (χ2v) is 5.12. The summed E-state index contributed by atoms with van der Waals surface area (Å²) in [5.74, 6) is 0.767. The second kappa shape index (κ2) is 5.96. The lowest BCUT2D eigenvalue weighted by atomic mass is 9.94. The first-order chi connectivity index (χ1) is 7.79. The minimum atomic E-state index is -0.190. The number of rotatable bonds is 3. The number of aliphatic hydroxyl groups is 2. The van der Waals surface area contributed by atoms with E-state index in [2.05, 4.69) is 4.90 Å². The Bertz CT molecular complexity index is 204. The highest BCUT2D eigenvalue weighted by Gasteiger charge is 2.27. The summed E-state index contributed by atoms with van der Waals surface area (Å²) in [7, 11) is 0. The summed E-state index contributed by atoms with van der Waals surface area (Å²) >= 11 is 0. The molecule has 2 unspecified atom stereocenters. The van der Waals surface area contributed by atoms with E-state index in [9.17, 15) is 5.11 Å². The lowest BCUT2D eigenvalue weighted by molar-refractivity contribution is -0.0497. The Morgan fingerprint density at radius 3 is 2.56 bits per heavy atom. The Hall–Kier alpha value is -0.160. The molecule has 4 heteroatoms. The number of nitrogens with zero attached hydrogens (tertiary/aromatic N) is 1. The van der Waals surface area contributed by atoms with Crippen molar-refractivity contribution < 1.29 is 14.9 Å². The Morgan fingerprint density at radius 2 is 1.94 bits per heavy atom. The molecular formula is C12H23NO3. The molecule has 0 bridgehead atoms. The molecule has 2 heterocycles. The number of piperidine rings is 1. The first-order valence-electron chi connectivity index (χ1n) is 6.38. The van der Waals surface area contributed by atoms with Gasteiger partial charge in [-0.1, -0.05) is 0 Å². The van der Waals surface area contributed by atoms with E-state index in [1.807, 2.05) is 0 Å². The minimum Gasteiger partial charge on any atom is -0.396 e. The highest BCUT2D eigenvalue weighted by Crippen LogP contribution is 2.21. The van der Waals surface area contributed by atoms with Crippen LogP contribution >= 0.6 is 0 Å². The van der Waals surface area contributed by atoms with Gasteiger partial charge in [-0.15, -0.1) is 0 Å². The van der Waals surface area contributed by atoms with Crippen molar-refractivity contribution >= 4 is 0 Å². The van der Waals surface area contributed by atoms with Crippen LogP contribution in [0.3, 0.4) is 0 Å². The summed E-state index contributed by atoms with van der Waals surface area (Å²) in [4.78, 5) is 2.40. The molecule has 94 valence electrons. The number of aliphatic hydroxyl groups excluding tert-OH is 2. The fourth-order valence-corrected chi connectivity index (χ4v) is 2.64. The van der Waals surface area contributed by atoms with E-state index in [0.717, 1.165) is 38.9 Å². The van der Waals surface area contributed by atoms with E-state index in [-0.39, 0.29) is 12.0 Å². The van der Waals surface area contributed by atoms with Crippen LogP contribution in [-0.4, -0.2) is 60.7 Å². The van der Waals surface area contributed by atoms with E-state index >= 15 is 0 Å². The lowest BCUT2D eigenvalue weighted by Crippen LogP contribution is -2.44. The van der Waals surface area contributed by atoms with Crippen LogP contribution in [0.1, 0.15) is 19.3 Å². The normalized spacial score (nSPS) is 34.1. The molecule has 0 spiro atoms. The van der Waals surface area contributed by atoms with E-state index in [1.165, 1.54) is 0 Å². The number of likely N-dealkylation sites (tertiary alicyclic amines) is 1. The van der Waals surface area contributed by atoms with Crippen LogP contribution in [0.2, 0.25) is 0 Å². The van der Waals surface area contributed by atoms with Crippen LogP contribution in [0.25, 0.3) is 0 Å². The summed E-state index contributed by atoms with van der Waals surface area (Å²) in [6.07, 6.45) is 2.75. The highest BCUT2D eigenvalue weighted by molar-refractivity contribution is 4.79. The molecule has 2 N–H and O–H groups in total. The Kier molecular flexibility index (Phi) is 4.58.